The Bertz CT molecular complexity index is 276. The molecule has 0 aromatic carbocycles. The van der Waals surface area contributed by atoms with Crippen LogP contribution >= 0.6 is 11.3 Å². The highest BCUT2D eigenvalue weighted by atomic mass is 32.1. The van der Waals surface area contributed by atoms with E-state index < -0.39 is 5.67 Å². The van der Waals surface area contributed by atoms with Gasteiger partial charge in [-0.3, -0.25) is 0 Å². The average molecular weight is 185 g/mol. The molecule has 1 atom stereocenters. The summed E-state index contributed by atoms with van der Waals surface area (Å²) in [6.07, 6.45) is 0.616. The summed E-state index contributed by atoms with van der Waals surface area (Å²) in [6.45, 7) is 3.26. The van der Waals surface area contributed by atoms with Crippen molar-refractivity contribution in [3.05, 3.63) is 21.9 Å². The zero-order valence-corrected chi connectivity index (χ0v) is 7.88. The Morgan fingerprint density at radius 1 is 1.67 bits per heavy atom. The number of alkyl halides is 1. The molecule has 1 saturated heterocycles. The molecule has 1 aliphatic rings. The minimum atomic E-state index is -1.09. The number of rotatable bonds is 1. The van der Waals surface area contributed by atoms with Gasteiger partial charge in [0.15, 0.2) is 5.67 Å². The van der Waals surface area contributed by atoms with Crippen LogP contribution in [0, 0.1) is 6.92 Å². The molecule has 1 N–H and O–H groups in total. The number of halogens is 1. The molecule has 1 aromatic heterocycles. The SMILES string of the molecule is Cc1sccc1C1(F)CCNC1. The maximum Gasteiger partial charge on any atom is 0.150 e. The van der Waals surface area contributed by atoms with Gasteiger partial charge in [-0.2, -0.15) is 0 Å². The van der Waals surface area contributed by atoms with Gasteiger partial charge < -0.3 is 5.32 Å². The summed E-state index contributed by atoms with van der Waals surface area (Å²) in [5.74, 6) is 0. The molecule has 12 heavy (non-hydrogen) atoms. The van der Waals surface area contributed by atoms with Gasteiger partial charge in [-0.05, 0) is 31.3 Å². The third kappa shape index (κ3) is 1.17. The molecule has 1 fully saturated rings. The summed E-state index contributed by atoms with van der Waals surface area (Å²) >= 11 is 1.62. The minimum Gasteiger partial charge on any atom is -0.313 e. The van der Waals surface area contributed by atoms with Crippen LogP contribution in [-0.4, -0.2) is 13.1 Å². The van der Waals surface area contributed by atoms with Crippen LogP contribution in [0.3, 0.4) is 0 Å². The lowest BCUT2D eigenvalue weighted by Crippen LogP contribution is -2.23. The third-order valence-electron chi connectivity index (χ3n) is 2.44. The van der Waals surface area contributed by atoms with Crippen LogP contribution in [0.1, 0.15) is 16.9 Å². The lowest BCUT2D eigenvalue weighted by molar-refractivity contribution is 0.193. The summed E-state index contributed by atoms with van der Waals surface area (Å²) in [6, 6.07) is 1.91. The zero-order chi connectivity index (χ0) is 8.60. The van der Waals surface area contributed by atoms with Crippen molar-refractivity contribution in [1.82, 2.24) is 5.32 Å². The second-order valence-corrected chi connectivity index (χ2v) is 4.40. The van der Waals surface area contributed by atoms with Gasteiger partial charge in [-0.1, -0.05) is 0 Å². The lowest BCUT2D eigenvalue weighted by Gasteiger charge is -2.17. The van der Waals surface area contributed by atoms with E-state index in [-0.39, 0.29) is 0 Å². The first kappa shape index (κ1) is 8.20. The van der Waals surface area contributed by atoms with Gasteiger partial charge in [0.1, 0.15) is 0 Å². The quantitative estimate of drug-likeness (QED) is 0.707. The molecular weight excluding hydrogens is 173 g/mol. The second kappa shape index (κ2) is 2.82. The second-order valence-electron chi connectivity index (χ2n) is 3.28. The highest BCUT2D eigenvalue weighted by Crippen LogP contribution is 2.36. The van der Waals surface area contributed by atoms with Crippen LogP contribution in [-0.2, 0) is 5.67 Å². The van der Waals surface area contributed by atoms with Crippen LogP contribution in [0.4, 0.5) is 4.39 Å². The van der Waals surface area contributed by atoms with Gasteiger partial charge in [0.05, 0.1) is 0 Å². The Hall–Kier alpha value is -0.410. The smallest absolute Gasteiger partial charge is 0.150 e. The Labute approximate surface area is 75.6 Å². The number of thiophene rings is 1. The Kier molecular flexibility index (Phi) is 1.93. The van der Waals surface area contributed by atoms with Crippen molar-refractivity contribution in [2.24, 2.45) is 0 Å². The fraction of sp³-hybridized carbons (Fsp3) is 0.556. The van der Waals surface area contributed by atoms with E-state index in [4.69, 9.17) is 0 Å². The van der Waals surface area contributed by atoms with E-state index in [1.165, 1.54) is 0 Å². The Morgan fingerprint density at radius 3 is 3.00 bits per heavy atom. The predicted molar refractivity (Wildman–Crippen MR) is 49.3 cm³/mol. The fourth-order valence-electron chi connectivity index (χ4n) is 1.74. The molecule has 1 unspecified atom stereocenters. The van der Waals surface area contributed by atoms with Gasteiger partial charge in [-0.25, -0.2) is 4.39 Å². The molecule has 0 saturated carbocycles. The van der Waals surface area contributed by atoms with Gasteiger partial charge in [0, 0.05) is 17.0 Å². The van der Waals surface area contributed by atoms with E-state index in [9.17, 15) is 4.39 Å². The van der Waals surface area contributed by atoms with Crippen LogP contribution < -0.4 is 5.32 Å². The molecule has 66 valence electrons. The van der Waals surface area contributed by atoms with Crippen molar-refractivity contribution in [3.63, 3.8) is 0 Å². The van der Waals surface area contributed by atoms with Crippen LogP contribution in [0.15, 0.2) is 11.4 Å². The standard InChI is InChI=1S/C9H12FNS/c1-7-8(2-5-12-7)9(10)3-4-11-6-9/h2,5,11H,3-4,6H2,1H3. The number of hydrogen-bond donors (Lipinski definition) is 1. The first-order chi connectivity index (χ1) is 5.72. The summed E-state index contributed by atoms with van der Waals surface area (Å²) in [5.41, 5.74) is -0.207. The average Bonchev–Trinajstić information content (AvgIpc) is 2.59. The first-order valence-corrected chi connectivity index (χ1v) is 5.04. The van der Waals surface area contributed by atoms with Crippen molar-refractivity contribution >= 4 is 11.3 Å². The molecule has 3 heteroatoms. The molecule has 0 bridgehead atoms. The molecule has 2 rings (SSSR count). The summed E-state index contributed by atoms with van der Waals surface area (Å²) in [4.78, 5) is 1.11. The molecular formula is C9H12FNS. The topological polar surface area (TPSA) is 12.0 Å². The summed E-state index contributed by atoms with van der Waals surface area (Å²) < 4.78 is 14.1. The molecule has 1 aliphatic heterocycles. The van der Waals surface area contributed by atoms with E-state index in [2.05, 4.69) is 5.32 Å². The van der Waals surface area contributed by atoms with E-state index in [1.54, 1.807) is 11.3 Å². The van der Waals surface area contributed by atoms with Crippen molar-refractivity contribution in [3.8, 4) is 0 Å². The van der Waals surface area contributed by atoms with E-state index in [0.29, 0.717) is 13.0 Å². The molecule has 0 amide bonds. The molecule has 0 spiro atoms. The molecule has 1 aromatic rings. The maximum atomic E-state index is 14.1. The van der Waals surface area contributed by atoms with Gasteiger partial charge in [0.2, 0.25) is 0 Å². The van der Waals surface area contributed by atoms with Gasteiger partial charge >= 0.3 is 0 Å². The van der Waals surface area contributed by atoms with Crippen molar-refractivity contribution in [2.45, 2.75) is 19.0 Å². The van der Waals surface area contributed by atoms with E-state index in [0.717, 1.165) is 17.0 Å². The normalized spacial score (nSPS) is 29.5. The first-order valence-electron chi connectivity index (χ1n) is 4.17. The van der Waals surface area contributed by atoms with Crippen molar-refractivity contribution in [1.29, 1.82) is 0 Å². The molecule has 0 aliphatic carbocycles. The molecule has 2 heterocycles. The highest BCUT2D eigenvalue weighted by molar-refractivity contribution is 7.10. The zero-order valence-electron chi connectivity index (χ0n) is 7.06. The van der Waals surface area contributed by atoms with Gasteiger partial charge in [0.25, 0.3) is 0 Å². The monoisotopic (exact) mass is 185 g/mol. The number of hydrogen-bond acceptors (Lipinski definition) is 2. The molecule has 1 nitrogen and oxygen atoms in total. The van der Waals surface area contributed by atoms with Gasteiger partial charge in [-0.15, -0.1) is 11.3 Å². The maximum absolute atomic E-state index is 14.1. The van der Waals surface area contributed by atoms with Crippen LogP contribution in [0.5, 0.6) is 0 Å². The number of aryl methyl sites for hydroxylation is 1. The molecule has 0 radical (unpaired) electrons. The summed E-state index contributed by atoms with van der Waals surface area (Å²) in [7, 11) is 0. The predicted octanol–water partition coefficient (Wildman–Crippen LogP) is 2.21. The fourth-order valence-corrected chi connectivity index (χ4v) is 2.53. The lowest BCUT2D eigenvalue weighted by atomic mass is 9.96. The van der Waals surface area contributed by atoms with Crippen molar-refractivity contribution in [2.75, 3.05) is 13.1 Å². The van der Waals surface area contributed by atoms with E-state index >= 15 is 0 Å². The third-order valence-corrected chi connectivity index (χ3v) is 3.29. The summed E-state index contributed by atoms with van der Waals surface area (Å²) in [5, 5.41) is 5.02. The van der Waals surface area contributed by atoms with Crippen LogP contribution in [0.25, 0.3) is 0 Å². The Morgan fingerprint density at radius 2 is 2.50 bits per heavy atom. The Balaban J connectivity index is 2.34. The minimum absolute atomic E-state index is 0.477. The highest BCUT2D eigenvalue weighted by Gasteiger charge is 2.36. The van der Waals surface area contributed by atoms with Crippen molar-refractivity contribution < 1.29 is 4.39 Å². The largest absolute Gasteiger partial charge is 0.313 e. The van der Waals surface area contributed by atoms with Crippen LogP contribution in [0.2, 0.25) is 0 Å². The van der Waals surface area contributed by atoms with E-state index in [1.807, 2.05) is 18.4 Å². The number of nitrogens with one attached hydrogen (secondary N) is 1.